The maximum atomic E-state index is 11.9. The van der Waals surface area contributed by atoms with Crippen molar-refractivity contribution >= 4 is 62.0 Å². The first-order chi connectivity index (χ1) is 9.60. The lowest BCUT2D eigenvalue weighted by Gasteiger charge is -2.05. The summed E-state index contributed by atoms with van der Waals surface area (Å²) in [6.07, 6.45) is 1.61. The smallest absolute Gasteiger partial charge is 0.271 e. The summed E-state index contributed by atoms with van der Waals surface area (Å²) < 4.78 is 7.16. The van der Waals surface area contributed by atoms with Gasteiger partial charge in [-0.3, -0.25) is 4.79 Å². The predicted molar refractivity (Wildman–Crippen MR) is 92.8 cm³/mol. The van der Waals surface area contributed by atoms with Crippen molar-refractivity contribution in [1.29, 1.82) is 0 Å². The SMILES string of the molecule is COc1cc(C(=O)N/N=C\c2ccc(Br)s2)ccc1I. The monoisotopic (exact) mass is 464 g/mol. The van der Waals surface area contributed by atoms with Crippen LogP contribution in [0.2, 0.25) is 0 Å². The fourth-order valence-electron chi connectivity index (χ4n) is 1.42. The van der Waals surface area contributed by atoms with Gasteiger partial charge < -0.3 is 4.74 Å². The summed E-state index contributed by atoms with van der Waals surface area (Å²) in [5.41, 5.74) is 3.00. The van der Waals surface area contributed by atoms with Crippen molar-refractivity contribution in [3.05, 3.63) is 48.1 Å². The first kappa shape index (κ1) is 15.5. The summed E-state index contributed by atoms with van der Waals surface area (Å²) in [5.74, 6) is 0.399. The Morgan fingerprint density at radius 1 is 1.45 bits per heavy atom. The minimum atomic E-state index is -0.272. The molecule has 2 aromatic rings. The minimum absolute atomic E-state index is 0.272. The van der Waals surface area contributed by atoms with Gasteiger partial charge in [-0.15, -0.1) is 11.3 Å². The highest BCUT2D eigenvalue weighted by atomic mass is 127. The Bertz CT molecular complexity index is 658. The summed E-state index contributed by atoms with van der Waals surface area (Å²) >= 11 is 7.06. The predicted octanol–water partition coefficient (Wildman–Crippen LogP) is 3.89. The molecule has 0 radical (unpaired) electrons. The molecule has 0 spiro atoms. The van der Waals surface area contributed by atoms with Gasteiger partial charge in [0.15, 0.2) is 0 Å². The lowest BCUT2D eigenvalue weighted by Crippen LogP contribution is -2.17. The molecule has 0 aliphatic heterocycles. The molecule has 0 fully saturated rings. The average molecular weight is 465 g/mol. The number of hydrazone groups is 1. The van der Waals surface area contributed by atoms with E-state index in [1.54, 1.807) is 25.5 Å². The van der Waals surface area contributed by atoms with Gasteiger partial charge in [0.05, 0.1) is 20.7 Å². The van der Waals surface area contributed by atoms with E-state index in [2.05, 4.69) is 49.0 Å². The molecule has 0 saturated carbocycles. The molecule has 1 aromatic heterocycles. The van der Waals surface area contributed by atoms with E-state index in [1.807, 2.05) is 18.2 Å². The molecule has 1 heterocycles. The van der Waals surface area contributed by atoms with E-state index in [-0.39, 0.29) is 5.91 Å². The molecule has 4 nitrogen and oxygen atoms in total. The fraction of sp³-hybridized carbons (Fsp3) is 0.0769. The van der Waals surface area contributed by atoms with Gasteiger partial charge >= 0.3 is 0 Å². The molecule has 2 rings (SSSR count). The van der Waals surface area contributed by atoms with Gasteiger partial charge in [-0.25, -0.2) is 5.43 Å². The number of amides is 1. The molecule has 0 atom stereocenters. The number of halogens is 2. The quantitative estimate of drug-likeness (QED) is 0.424. The number of methoxy groups -OCH3 is 1. The molecule has 20 heavy (non-hydrogen) atoms. The van der Waals surface area contributed by atoms with Gasteiger partial charge in [0.1, 0.15) is 5.75 Å². The number of thiophene rings is 1. The van der Waals surface area contributed by atoms with Crippen LogP contribution < -0.4 is 10.2 Å². The highest BCUT2D eigenvalue weighted by molar-refractivity contribution is 14.1. The standard InChI is InChI=1S/C13H10BrIN2O2S/c1-19-11-6-8(2-4-10(11)15)13(18)17-16-7-9-3-5-12(14)20-9/h2-7H,1H3,(H,17,18)/b16-7-. The van der Waals surface area contributed by atoms with Crippen LogP contribution in [0.5, 0.6) is 5.75 Å². The van der Waals surface area contributed by atoms with Gasteiger partial charge in [0, 0.05) is 10.4 Å². The van der Waals surface area contributed by atoms with Crippen LogP contribution in [0.3, 0.4) is 0 Å². The summed E-state index contributed by atoms with van der Waals surface area (Å²) in [6.45, 7) is 0. The molecular weight excluding hydrogens is 455 g/mol. The van der Waals surface area contributed by atoms with Crippen LogP contribution in [-0.4, -0.2) is 19.2 Å². The number of hydrogen-bond donors (Lipinski definition) is 1. The highest BCUT2D eigenvalue weighted by Crippen LogP contribution is 2.22. The molecule has 1 amide bonds. The number of benzene rings is 1. The maximum Gasteiger partial charge on any atom is 0.271 e. The van der Waals surface area contributed by atoms with E-state index in [0.29, 0.717) is 11.3 Å². The largest absolute Gasteiger partial charge is 0.496 e. The first-order valence-corrected chi connectivity index (χ1v) is 8.21. The summed E-state index contributed by atoms with van der Waals surface area (Å²) in [5, 5.41) is 3.93. The van der Waals surface area contributed by atoms with E-state index < -0.39 is 0 Å². The van der Waals surface area contributed by atoms with E-state index in [9.17, 15) is 4.79 Å². The molecule has 0 aliphatic rings. The fourth-order valence-corrected chi connectivity index (χ4v) is 3.27. The zero-order valence-electron chi connectivity index (χ0n) is 10.4. The molecular formula is C13H10BrIN2O2S. The van der Waals surface area contributed by atoms with E-state index in [0.717, 1.165) is 12.2 Å². The van der Waals surface area contributed by atoms with Crippen LogP contribution in [0.4, 0.5) is 0 Å². The summed E-state index contributed by atoms with van der Waals surface area (Å²) in [6, 6.07) is 9.09. The lowest BCUT2D eigenvalue weighted by molar-refractivity contribution is 0.0955. The Morgan fingerprint density at radius 2 is 2.25 bits per heavy atom. The first-order valence-electron chi connectivity index (χ1n) is 5.52. The number of nitrogens with one attached hydrogen (secondary N) is 1. The molecule has 0 unspecified atom stereocenters. The van der Waals surface area contributed by atoms with Crippen LogP contribution in [0.1, 0.15) is 15.2 Å². The third kappa shape index (κ3) is 4.03. The maximum absolute atomic E-state index is 11.9. The number of rotatable bonds is 4. The van der Waals surface area contributed by atoms with Gasteiger partial charge in [0.25, 0.3) is 5.91 Å². The number of hydrogen-bond acceptors (Lipinski definition) is 4. The zero-order valence-corrected chi connectivity index (χ0v) is 15.0. The van der Waals surface area contributed by atoms with Crippen LogP contribution in [0.15, 0.2) is 39.2 Å². The summed E-state index contributed by atoms with van der Waals surface area (Å²) in [7, 11) is 1.58. The van der Waals surface area contributed by atoms with Gasteiger partial charge in [-0.05, 0) is 68.9 Å². The van der Waals surface area contributed by atoms with E-state index in [1.165, 1.54) is 11.3 Å². The van der Waals surface area contributed by atoms with Gasteiger partial charge in [-0.1, -0.05) is 0 Å². The van der Waals surface area contributed by atoms with Crippen LogP contribution in [-0.2, 0) is 0 Å². The third-order valence-corrected chi connectivity index (χ3v) is 4.81. The minimum Gasteiger partial charge on any atom is -0.496 e. The molecule has 0 aliphatic carbocycles. The van der Waals surface area contributed by atoms with Crippen LogP contribution in [0, 0.1) is 3.57 Å². The molecule has 1 N–H and O–H groups in total. The molecule has 104 valence electrons. The van der Waals surface area contributed by atoms with E-state index in [4.69, 9.17) is 4.74 Å². The second-order valence-electron chi connectivity index (χ2n) is 3.69. The van der Waals surface area contributed by atoms with Crippen molar-refractivity contribution in [3.8, 4) is 5.75 Å². The van der Waals surface area contributed by atoms with Crippen molar-refractivity contribution in [2.24, 2.45) is 5.10 Å². The van der Waals surface area contributed by atoms with Gasteiger partial charge in [0.2, 0.25) is 0 Å². The molecule has 7 heteroatoms. The second-order valence-corrected chi connectivity index (χ2v) is 7.35. The Kier molecular flexibility index (Phi) is 5.55. The van der Waals surface area contributed by atoms with Gasteiger partial charge in [-0.2, -0.15) is 5.10 Å². The van der Waals surface area contributed by atoms with Crippen molar-refractivity contribution in [2.75, 3.05) is 7.11 Å². The Labute approximate surface area is 142 Å². The second kappa shape index (κ2) is 7.19. The van der Waals surface area contributed by atoms with Crippen LogP contribution >= 0.6 is 49.9 Å². The van der Waals surface area contributed by atoms with Crippen molar-refractivity contribution in [1.82, 2.24) is 5.43 Å². The Balaban J connectivity index is 2.03. The van der Waals surface area contributed by atoms with E-state index >= 15 is 0 Å². The zero-order chi connectivity index (χ0) is 14.5. The topological polar surface area (TPSA) is 50.7 Å². The normalized spacial score (nSPS) is 10.8. The Morgan fingerprint density at radius 3 is 2.90 bits per heavy atom. The molecule has 0 bridgehead atoms. The number of carbonyl (C=O) groups is 1. The Hall–Kier alpha value is -0.930. The van der Waals surface area contributed by atoms with Crippen LogP contribution in [0.25, 0.3) is 0 Å². The third-order valence-electron chi connectivity index (χ3n) is 2.37. The average Bonchev–Trinajstić information content (AvgIpc) is 2.85. The number of carbonyl (C=O) groups excluding carboxylic acids is 1. The lowest BCUT2D eigenvalue weighted by atomic mass is 10.2. The van der Waals surface area contributed by atoms with Crippen molar-refractivity contribution in [3.63, 3.8) is 0 Å². The highest BCUT2D eigenvalue weighted by Gasteiger charge is 2.08. The molecule has 1 aromatic carbocycles. The number of ether oxygens (including phenoxy) is 1. The van der Waals surface area contributed by atoms with Crippen molar-refractivity contribution in [2.45, 2.75) is 0 Å². The van der Waals surface area contributed by atoms with Crippen molar-refractivity contribution < 1.29 is 9.53 Å². The number of nitrogens with zero attached hydrogens (tertiary/aromatic N) is 1. The summed E-state index contributed by atoms with van der Waals surface area (Å²) in [4.78, 5) is 12.9. The molecule has 0 saturated heterocycles.